The Balaban J connectivity index is 1.95. The van der Waals surface area contributed by atoms with Crippen LogP contribution in [0.5, 0.6) is 5.75 Å². The largest absolute Gasteiger partial charge is 0.495 e. The van der Waals surface area contributed by atoms with Gasteiger partial charge in [-0.15, -0.1) is 0 Å². The molecule has 0 N–H and O–H groups in total. The molecule has 0 bridgehead atoms. The van der Waals surface area contributed by atoms with E-state index in [4.69, 9.17) is 16.3 Å². The Morgan fingerprint density at radius 1 is 1.21 bits per heavy atom. The van der Waals surface area contributed by atoms with Crippen molar-refractivity contribution < 1.29 is 9.53 Å². The number of hydrogen-bond acceptors (Lipinski definition) is 4. The summed E-state index contributed by atoms with van der Waals surface area (Å²) in [5, 5.41) is 1.14. The summed E-state index contributed by atoms with van der Waals surface area (Å²) >= 11 is 7.87. The molecule has 28 heavy (non-hydrogen) atoms. The van der Waals surface area contributed by atoms with Gasteiger partial charge in [0, 0.05) is 5.75 Å². The molecule has 0 radical (unpaired) electrons. The Labute approximate surface area is 175 Å². The number of benzene rings is 2. The van der Waals surface area contributed by atoms with Crippen LogP contribution < -0.4 is 9.64 Å². The number of amidine groups is 1. The summed E-state index contributed by atoms with van der Waals surface area (Å²) in [6.45, 7) is 4.18. The molecule has 0 saturated carbocycles. The van der Waals surface area contributed by atoms with Crippen molar-refractivity contribution in [1.29, 1.82) is 0 Å². The van der Waals surface area contributed by atoms with Crippen molar-refractivity contribution in [2.75, 3.05) is 17.8 Å². The number of ether oxygens (including phenoxy) is 1. The molecule has 4 nitrogen and oxygen atoms in total. The average molecular weight is 415 g/mol. The van der Waals surface area contributed by atoms with Gasteiger partial charge in [0.2, 0.25) is 0 Å². The van der Waals surface area contributed by atoms with Crippen LogP contribution in [0, 0.1) is 6.92 Å². The summed E-state index contributed by atoms with van der Waals surface area (Å²) in [5.41, 5.74) is 3.24. The topological polar surface area (TPSA) is 41.9 Å². The first-order chi connectivity index (χ1) is 13.5. The number of carbonyl (C=O) groups excluding carboxylic acids is 1. The van der Waals surface area contributed by atoms with E-state index < -0.39 is 0 Å². The maximum Gasteiger partial charge on any atom is 0.283 e. The summed E-state index contributed by atoms with van der Waals surface area (Å²) in [6.07, 6.45) is 3.98. The summed E-state index contributed by atoms with van der Waals surface area (Å²) in [6, 6.07) is 13.3. The Hall–Kier alpha value is -2.24. The number of hydrogen-bond donors (Lipinski definition) is 0. The van der Waals surface area contributed by atoms with E-state index in [1.807, 2.05) is 43.3 Å². The van der Waals surface area contributed by atoms with Crippen LogP contribution in [0.1, 0.15) is 30.9 Å². The second kappa shape index (κ2) is 9.30. The fourth-order valence-electron chi connectivity index (χ4n) is 2.74. The molecule has 0 fully saturated rings. The molecule has 1 amide bonds. The molecule has 0 aliphatic carbocycles. The lowest BCUT2D eigenvalue weighted by Gasteiger charge is -2.18. The number of amides is 1. The fourth-order valence-corrected chi connectivity index (χ4v) is 4.09. The number of aliphatic imine (C=N–C) groups is 1. The predicted molar refractivity (Wildman–Crippen MR) is 119 cm³/mol. The first-order valence-corrected chi connectivity index (χ1v) is 10.6. The highest BCUT2D eigenvalue weighted by Crippen LogP contribution is 2.34. The number of methoxy groups -OCH3 is 1. The number of halogens is 1. The molecule has 6 heteroatoms. The third-order valence-corrected chi connectivity index (χ3v) is 5.65. The zero-order valence-corrected chi connectivity index (χ0v) is 17.8. The van der Waals surface area contributed by atoms with Gasteiger partial charge in [-0.25, -0.2) is 4.99 Å². The SMILES string of the molecule is CCCCSC1=N/C(=C\c2ccc(C)cc2)C(=O)N1c1ccc(OC)c(Cl)c1. The Morgan fingerprint density at radius 3 is 2.61 bits per heavy atom. The van der Waals surface area contributed by atoms with Gasteiger partial charge in [-0.3, -0.25) is 9.69 Å². The van der Waals surface area contributed by atoms with E-state index in [1.54, 1.807) is 35.9 Å². The van der Waals surface area contributed by atoms with Gasteiger partial charge in [0.1, 0.15) is 11.4 Å². The van der Waals surface area contributed by atoms with Crippen molar-refractivity contribution in [2.24, 2.45) is 4.99 Å². The molecule has 1 aliphatic rings. The van der Waals surface area contributed by atoms with Gasteiger partial charge in [0.05, 0.1) is 17.8 Å². The Bertz CT molecular complexity index is 923. The zero-order chi connectivity index (χ0) is 20.1. The second-order valence-corrected chi connectivity index (χ2v) is 7.97. The molecule has 2 aromatic carbocycles. The number of anilines is 1. The number of nitrogens with zero attached hydrogens (tertiary/aromatic N) is 2. The lowest BCUT2D eigenvalue weighted by Crippen LogP contribution is -2.30. The Kier molecular flexibility index (Phi) is 6.81. The first kappa shape index (κ1) is 20.5. The highest BCUT2D eigenvalue weighted by molar-refractivity contribution is 8.14. The van der Waals surface area contributed by atoms with Crippen molar-refractivity contribution >= 4 is 46.2 Å². The number of aryl methyl sites for hydroxylation is 1. The monoisotopic (exact) mass is 414 g/mol. The predicted octanol–water partition coefficient (Wildman–Crippen LogP) is 5.93. The van der Waals surface area contributed by atoms with Crippen LogP contribution in [0.3, 0.4) is 0 Å². The minimum absolute atomic E-state index is 0.152. The maximum atomic E-state index is 13.1. The molecule has 1 aliphatic heterocycles. The zero-order valence-electron chi connectivity index (χ0n) is 16.2. The molecule has 0 unspecified atom stereocenters. The molecule has 0 saturated heterocycles. The van der Waals surface area contributed by atoms with Crippen molar-refractivity contribution in [3.63, 3.8) is 0 Å². The van der Waals surface area contributed by atoms with E-state index in [0.717, 1.165) is 24.2 Å². The van der Waals surface area contributed by atoms with Gasteiger partial charge in [-0.05, 0) is 43.2 Å². The summed E-state index contributed by atoms with van der Waals surface area (Å²) in [7, 11) is 1.57. The summed E-state index contributed by atoms with van der Waals surface area (Å²) in [5.74, 6) is 1.33. The van der Waals surface area contributed by atoms with Gasteiger partial charge in [0.15, 0.2) is 5.17 Å². The van der Waals surface area contributed by atoms with Crippen LogP contribution >= 0.6 is 23.4 Å². The van der Waals surface area contributed by atoms with Crippen LogP contribution in [0.25, 0.3) is 6.08 Å². The summed E-state index contributed by atoms with van der Waals surface area (Å²) in [4.78, 5) is 19.4. The van der Waals surface area contributed by atoms with Crippen LogP contribution in [-0.2, 0) is 4.79 Å². The summed E-state index contributed by atoms with van der Waals surface area (Å²) < 4.78 is 5.22. The normalized spacial score (nSPS) is 15.3. The highest BCUT2D eigenvalue weighted by atomic mass is 35.5. The van der Waals surface area contributed by atoms with Crippen molar-refractivity contribution in [1.82, 2.24) is 0 Å². The van der Waals surface area contributed by atoms with Gasteiger partial charge >= 0.3 is 0 Å². The number of thioether (sulfide) groups is 1. The van der Waals surface area contributed by atoms with Gasteiger partial charge < -0.3 is 4.74 Å². The van der Waals surface area contributed by atoms with E-state index in [1.165, 1.54) is 5.56 Å². The third kappa shape index (κ3) is 4.59. The molecular formula is C22H23ClN2O2S. The second-order valence-electron chi connectivity index (χ2n) is 6.50. The van der Waals surface area contributed by atoms with E-state index in [2.05, 4.69) is 11.9 Å². The molecule has 146 valence electrons. The molecule has 0 aromatic heterocycles. The van der Waals surface area contributed by atoms with Crippen LogP contribution in [0.2, 0.25) is 5.02 Å². The van der Waals surface area contributed by atoms with Gasteiger partial charge in [-0.1, -0.05) is 66.5 Å². The number of unbranched alkanes of at least 4 members (excludes halogenated alkanes) is 1. The van der Waals surface area contributed by atoms with Crippen LogP contribution in [0.4, 0.5) is 5.69 Å². The Morgan fingerprint density at radius 2 is 1.96 bits per heavy atom. The maximum absolute atomic E-state index is 13.1. The van der Waals surface area contributed by atoms with Crippen LogP contribution in [0.15, 0.2) is 53.2 Å². The van der Waals surface area contributed by atoms with Crippen molar-refractivity contribution in [3.8, 4) is 5.75 Å². The molecule has 1 heterocycles. The quantitative estimate of drug-likeness (QED) is 0.434. The minimum atomic E-state index is -0.152. The molecule has 0 spiro atoms. The molecule has 2 aromatic rings. The van der Waals surface area contributed by atoms with Gasteiger partial charge in [-0.2, -0.15) is 0 Å². The molecular weight excluding hydrogens is 392 g/mol. The third-order valence-electron chi connectivity index (χ3n) is 4.33. The number of carbonyl (C=O) groups is 1. The van der Waals surface area contributed by atoms with Crippen molar-refractivity contribution in [3.05, 3.63) is 64.3 Å². The lowest BCUT2D eigenvalue weighted by atomic mass is 10.1. The van der Waals surface area contributed by atoms with Crippen LogP contribution in [-0.4, -0.2) is 23.9 Å². The molecule has 0 atom stereocenters. The van der Waals surface area contributed by atoms with Crippen molar-refractivity contribution in [2.45, 2.75) is 26.7 Å². The number of rotatable bonds is 6. The smallest absolute Gasteiger partial charge is 0.283 e. The molecule has 3 rings (SSSR count). The van der Waals surface area contributed by atoms with E-state index >= 15 is 0 Å². The first-order valence-electron chi connectivity index (χ1n) is 9.21. The standard InChI is InChI=1S/C22H23ClN2O2S/c1-4-5-12-28-22-24-19(13-16-8-6-15(2)7-9-16)21(26)25(22)17-10-11-20(27-3)18(23)14-17/h6-11,13-14H,4-5,12H2,1-3H3/b19-13-. The fraction of sp³-hybridized carbons (Fsp3) is 0.273. The highest BCUT2D eigenvalue weighted by Gasteiger charge is 2.32. The van der Waals surface area contributed by atoms with E-state index in [0.29, 0.717) is 27.3 Å². The van der Waals surface area contributed by atoms with E-state index in [-0.39, 0.29) is 5.91 Å². The van der Waals surface area contributed by atoms with Gasteiger partial charge in [0.25, 0.3) is 5.91 Å². The lowest BCUT2D eigenvalue weighted by molar-refractivity contribution is -0.113. The minimum Gasteiger partial charge on any atom is -0.495 e. The average Bonchev–Trinajstić information content (AvgIpc) is 2.99. The van der Waals surface area contributed by atoms with E-state index in [9.17, 15) is 4.79 Å².